The molecule has 2 heteroatoms. The van der Waals surface area contributed by atoms with Crippen LogP contribution < -0.4 is 5.32 Å². The van der Waals surface area contributed by atoms with Crippen LogP contribution in [0.15, 0.2) is 28.9 Å². The zero-order chi connectivity index (χ0) is 21.6. The Labute approximate surface area is 194 Å². The molecule has 0 amide bonds. The van der Waals surface area contributed by atoms with Crippen molar-refractivity contribution >= 4 is 28.3 Å². The third-order valence-electron chi connectivity index (χ3n) is 6.54. The van der Waals surface area contributed by atoms with E-state index in [2.05, 4.69) is 98.3 Å². The number of aryl methyl sites for hydroxylation is 2. The van der Waals surface area contributed by atoms with Gasteiger partial charge in [-0.1, -0.05) is 61.6 Å². The highest BCUT2D eigenvalue weighted by molar-refractivity contribution is 14.1. The van der Waals surface area contributed by atoms with Gasteiger partial charge in [-0.3, -0.25) is 0 Å². The van der Waals surface area contributed by atoms with E-state index in [4.69, 9.17) is 0 Å². The Morgan fingerprint density at radius 3 is 2.34 bits per heavy atom. The molecule has 0 aromatic heterocycles. The lowest BCUT2D eigenvalue weighted by molar-refractivity contribution is 0.322. The monoisotopic (exact) mass is 507 g/mol. The second-order valence-corrected chi connectivity index (χ2v) is 11.1. The minimum Gasteiger partial charge on any atom is -0.382 e. The van der Waals surface area contributed by atoms with E-state index in [1.54, 1.807) is 0 Å². The molecule has 1 N–H and O–H groups in total. The Balaban J connectivity index is 2.14. The fourth-order valence-electron chi connectivity index (χ4n) is 5.15. The van der Waals surface area contributed by atoms with E-state index in [1.165, 1.54) is 66.5 Å². The van der Waals surface area contributed by atoms with Gasteiger partial charge >= 0.3 is 0 Å². The molecule has 1 aromatic rings. The van der Waals surface area contributed by atoms with E-state index in [1.807, 2.05) is 0 Å². The molecule has 0 saturated heterocycles. The number of nitrogens with one attached hydrogen (secondary N) is 1. The number of rotatable bonds is 8. The first-order valence-corrected chi connectivity index (χ1v) is 12.7. The topological polar surface area (TPSA) is 12.0 Å². The normalized spacial score (nSPS) is 21.3. The smallest absolute Gasteiger partial charge is 0.0404 e. The summed E-state index contributed by atoms with van der Waals surface area (Å²) >= 11 is 2.33. The Morgan fingerprint density at radius 2 is 1.79 bits per heavy atom. The molecule has 0 spiro atoms. The number of hydrogen-bond donors (Lipinski definition) is 1. The summed E-state index contributed by atoms with van der Waals surface area (Å²) in [5.41, 5.74) is 7.39. The molecule has 0 heterocycles. The lowest BCUT2D eigenvalue weighted by atomic mass is 9.78. The van der Waals surface area contributed by atoms with Crippen molar-refractivity contribution in [1.82, 2.24) is 0 Å². The van der Waals surface area contributed by atoms with Crippen LogP contribution in [0.5, 0.6) is 0 Å². The number of allylic oxidation sites excluding steroid dienone is 2. The van der Waals surface area contributed by atoms with Crippen molar-refractivity contribution in [2.75, 3.05) is 5.32 Å². The first kappa shape index (κ1) is 24.5. The van der Waals surface area contributed by atoms with Gasteiger partial charge in [0.05, 0.1) is 0 Å². The fourth-order valence-corrected chi connectivity index (χ4v) is 5.51. The first-order chi connectivity index (χ1) is 13.7. The molecule has 1 unspecified atom stereocenters. The molecule has 1 fully saturated rings. The molecule has 1 saturated carbocycles. The van der Waals surface area contributed by atoms with Crippen molar-refractivity contribution in [2.45, 2.75) is 98.4 Å². The van der Waals surface area contributed by atoms with Crippen molar-refractivity contribution in [3.63, 3.8) is 0 Å². The van der Waals surface area contributed by atoms with Crippen LogP contribution in [-0.2, 0) is 0 Å². The van der Waals surface area contributed by atoms with Crippen molar-refractivity contribution in [2.24, 2.45) is 11.3 Å². The summed E-state index contributed by atoms with van der Waals surface area (Å²) < 4.78 is 2.15. The van der Waals surface area contributed by atoms with E-state index >= 15 is 0 Å². The van der Waals surface area contributed by atoms with Crippen LogP contribution in [0.3, 0.4) is 0 Å². The Morgan fingerprint density at radius 1 is 1.14 bits per heavy atom. The second kappa shape index (κ2) is 11.0. The summed E-state index contributed by atoms with van der Waals surface area (Å²) in [7, 11) is 0. The maximum Gasteiger partial charge on any atom is 0.0404 e. The van der Waals surface area contributed by atoms with Crippen molar-refractivity contribution in [1.29, 1.82) is 0 Å². The maximum atomic E-state index is 4.18. The molecule has 1 nitrogen and oxygen atoms in total. The molecular weight excluding hydrogens is 465 g/mol. The predicted octanol–water partition coefficient (Wildman–Crippen LogP) is 9.02. The van der Waals surface area contributed by atoms with E-state index in [-0.39, 0.29) is 0 Å². The Bertz CT molecular complexity index is 702. The average molecular weight is 508 g/mol. The Kier molecular flexibility index (Phi) is 9.31. The quantitative estimate of drug-likeness (QED) is 0.273. The van der Waals surface area contributed by atoms with Gasteiger partial charge in [-0.05, 0) is 103 Å². The van der Waals surface area contributed by atoms with Crippen molar-refractivity contribution in [3.8, 4) is 0 Å². The van der Waals surface area contributed by atoms with Crippen LogP contribution in [0.4, 0.5) is 5.69 Å². The summed E-state index contributed by atoms with van der Waals surface area (Å²) in [6, 6.07) is 3.00. The highest BCUT2D eigenvalue weighted by atomic mass is 127. The molecule has 1 atom stereocenters. The Hall–Kier alpha value is -0.770. The van der Waals surface area contributed by atoms with Gasteiger partial charge in [-0.25, -0.2) is 0 Å². The molecule has 1 aliphatic carbocycles. The minimum absolute atomic E-state index is 0.293. The third kappa shape index (κ3) is 7.15. The zero-order valence-electron chi connectivity index (χ0n) is 19.6. The number of halogens is 1. The molecular formula is C27H42IN. The molecule has 0 aliphatic heterocycles. The van der Waals surface area contributed by atoms with Gasteiger partial charge in [0.2, 0.25) is 0 Å². The number of benzene rings is 1. The van der Waals surface area contributed by atoms with Crippen molar-refractivity contribution < 1.29 is 0 Å². The summed E-state index contributed by atoms with van der Waals surface area (Å²) in [4.78, 5) is 0. The SMILES string of the molecule is C=CC(CC(C)(C)C)c1c(C)cc(C)c(NC2CCC(CC/C=C\I)CC2)c1C. The van der Waals surface area contributed by atoms with Crippen LogP contribution in [0.25, 0.3) is 0 Å². The predicted molar refractivity (Wildman–Crippen MR) is 139 cm³/mol. The summed E-state index contributed by atoms with van der Waals surface area (Å²) in [5.74, 6) is 1.33. The van der Waals surface area contributed by atoms with Gasteiger partial charge in [0, 0.05) is 17.6 Å². The molecule has 162 valence electrons. The van der Waals surface area contributed by atoms with Gasteiger partial charge in [-0.15, -0.1) is 6.58 Å². The molecule has 1 aliphatic rings. The van der Waals surface area contributed by atoms with E-state index in [0.29, 0.717) is 17.4 Å². The third-order valence-corrected chi connectivity index (χ3v) is 7.05. The summed E-state index contributed by atoms with van der Waals surface area (Å²) in [6.45, 7) is 18.0. The zero-order valence-corrected chi connectivity index (χ0v) is 21.7. The van der Waals surface area contributed by atoms with Crippen LogP contribution in [0.1, 0.15) is 93.9 Å². The number of anilines is 1. The van der Waals surface area contributed by atoms with Crippen molar-refractivity contribution in [3.05, 3.63) is 51.1 Å². The average Bonchev–Trinajstić information content (AvgIpc) is 2.64. The van der Waals surface area contributed by atoms with Crippen LogP contribution in [-0.4, -0.2) is 6.04 Å². The number of hydrogen-bond acceptors (Lipinski definition) is 1. The highest BCUT2D eigenvalue weighted by Crippen LogP contribution is 2.39. The standard InChI is InChI=1S/C27H42IN/c1-8-23(18-27(5,6)7)25-19(2)17-20(3)26(21(25)4)29-24-14-12-22(13-15-24)11-9-10-16-28/h8,10,16-17,22-24,29H,1,9,11-15,18H2,2-7H3/b16-10-. The van der Waals surface area contributed by atoms with Crippen LogP contribution in [0.2, 0.25) is 0 Å². The lowest BCUT2D eigenvalue weighted by Gasteiger charge is -2.32. The largest absolute Gasteiger partial charge is 0.382 e. The lowest BCUT2D eigenvalue weighted by Crippen LogP contribution is -2.27. The van der Waals surface area contributed by atoms with E-state index in [9.17, 15) is 0 Å². The first-order valence-electron chi connectivity index (χ1n) is 11.4. The second-order valence-electron chi connectivity index (χ2n) is 10.3. The summed E-state index contributed by atoms with van der Waals surface area (Å²) in [5, 5.41) is 3.97. The molecule has 1 aromatic carbocycles. The van der Waals surface area contributed by atoms with Gasteiger partial charge in [-0.2, -0.15) is 0 Å². The molecule has 0 radical (unpaired) electrons. The maximum absolute atomic E-state index is 4.18. The van der Waals surface area contributed by atoms with Crippen LogP contribution >= 0.6 is 22.6 Å². The molecule has 2 rings (SSSR count). The van der Waals surface area contributed by atoms with Gasteiger partial charge in [0.15, 0.2) is 0 Å². The highest BCUT2D eigenvalue weighted by Gasteiger charge is 2.25. The van der Waals surface area contributed by atoms with Gasteiger partial charge in [0.1, 0.15) is 0 Å². The molecule has 29 heavy (non-hydrogen) atoms. The summed E-state index contributed by atoms with van der Waals surface area (Å²) in [6.07, 6.45) is 13.5. The van der Waals surface area contributed by atoms with Crippen LogP contribution in [0, 0.1) is 32.1 Å². The fraction of sp³-hybridized carbons (Fsp3) is 0.630. The van der Waals surface area contributed by atoms with E-state index in [0.717, 1.165) is 12.3 Å². The van der Waals surface area contributed by atoms with Gasteiger partial charge < -0.3 is 5.32 Å². The van der Waals surface area contributed by atoms with Gasteiger partial charge in [0.25, 0.3) is 0 Å². The minimum atomic E-state index is 0.293. The molecule has 0 bridgehead atoms. The van der Waals surface area contributed by atoms with E-state index < -0.39 is 0 Å².